The van der Waals surface area contributed by atoms with Crippen LogP contribution in [-0.4, -0.2) is 15.3 Å². The zero-order valence-electron chi connectivity index (χ0n) is 12.3. The smallest absolute Gasteiger partial charge is 0.262 e. The van der Waals surface area contributed by atoms with Gasteiger partial charge in [-0.15, -0.1) is 0 Å². The van der Waals surface area contributed by atoms with E-state index in [-0.39, 0.29) is 5.57 Å². The Kier molecular flexibility index (Phi) is 4.16. The number of nitrogens with zero attached hydrogens (tertiary/aromatic N) is 3. The molecule has 1 aromatic carbocycles. The lowest BCUT2D eigenvalue weighted by molar-refractivity contribution is -0.117. The van der Waals surface area contributed by atoms with E-state index in [4.69, 9.17) is 0 Å². The summed E-state index contributed by atoms with van der Waals surface area (Å²) in [5.41, 5.74) is 2.48. The number of aromatic nitrogens is 2. The van der Waals surface area contributed by atoms with E-state index >= 15 is 0 Å². The third-order valence-corrected chi connectivity index (χ3v) is 3.40. The third-order valence-electron chi connectivity index (χ3n) is 3.40. The molecule has 0 spiro atoms. The molecule has 0 aliphatic rings. The van der Waals surface area contributed by atoms with Gasteiger partial charge in [0.15, 0.2) is 0 Å². The highest BCUT2D eigenvalue weighted by Gasteiger charge is 2.10. The highest BCUT2D eigenvalue weighted by atomic mass is 16.1. The number of benzene rings is 1. The van der Waals surface area contributed by atoms with E-state index in [9.17, 15) is 10.1 Å². The van der Waals surface area contributed by atoms with E-state index in [1.807, 2.05) is 65.2 Å². The Bertz CT molecular complexity index is 903. The largest absolute Gasteiger partial charge is 0.347 e. The topological polar surface area (TPSA) is 70.2 Å². The number of carbonyl (C=O) groups is 1. The summed E-state index contributed by atoms with van der Waals surface area (Å²) in [6.45, 7) is 0.381. The van der Waals surface area contributed by atoms with Gasteiger partial charge in [0.25, 0.3) is 5.91 Å². The lowest BCUT2D eigenvalue weighted by Crippen LogP contribution is -2.23. The van der Waals surface area contributed by atoms with Crippen molar-refractivity contribution in [1.29, 1.82) is 5.26 Å². The van der Waals surface area contributed by atoms with Crippen LogP contribution in [0.15, 0.2) is 66.5 Å². The number of hydrogen-bond donors (Lipinski definition) is 1. The van der Waals surface area contributed by atoms with Crippen LogP contribution in [0, 0.1) is 11.3 Å². The fraction of sp³-hybridized carbons (Fsp3) is 0.0556. The van der Waals surface area contributed by atoms with Gasteiger partial charge < -0.3 is 9.72 Å². The van der Waals surface area contributed by atoms with Gasteiger partial charge in [0.05, 0.1) is 11.9 Å². The molecule has 0 radical (unpaired) electrons. The zero-order valence-corrected chi connectivity index (χ0v) is 12.3. The summed E-state index contributed by atoms with van der Waals surface area (Å²) in [5, 5.41) is 12.0. The number of nitriles is 1. The van der Waals surface area contributed by atoms with Crippen LogP contribution in [0.3, 0.4) is 0 Å². The standard InChI is InChI=1S/C18H14N4O/c19-11-15(18(23)21-12-14-6-2-1-3-7-14)10-16-13-20-17-8-4-5-9-22(16)17/h1-10,13H,12H2,(H,21,23)/b15-10-. The van der Waals surface area contributed by atoms with Crippen molar-refractivity contribution in [2.24, 2.45) is 0 Å². The van der Waals surface area contributed by atoms with Gasteiger partial charge >= 0.3 is 0 Å². The second kappa shape index (κ2) is 6.58. The highest BCUT2D eigenvalue weighted by Crippen LogP contribution is 2.10. The van der Waals surface area contributed by atoms with Crippen molar-refractivity contribution in [1.82, 2.24) is 14.7 Å². The van der Waals surface area contributed by atoms with Crippen molar-refractivity contribution in [3.8, 4) is 6.07 Å². The molecule has 0 fully saturated rings. The van der Waals surface area contributed by atoms with Crippen molar-refractivity contribution in [2.45, 2.75) is 6.54 Å². The number of carbonyl (C=O) groups excluding carboxylic acids is 1. The summed E-state index contributed by atoms with van der Waals surface area (Å²) in [5.74, 6) is -0.401. The predicted octanol–water partition coefficient (Wildman–Crippen LogP) is 2.56. The highest BCUT2D eigenvalue weighted by molar-refractivity contribution is 6.01. The summed E-state index contributed by atoms with van der Waals surface area (Å²) in [6, 6.07) is 17.1. The predicted molar refractivity (Wildman–Crippen MR) is 87.1 cm³/mol. The summed E-state index contributed by atoms with van der Waals surface area (Å²) < 4.78 is 1.82. The zero-order chi connectivity index (χ0) is 16.1. The molecule has 0 saturated carbocycles. The molecule has 0 aliphatic heterocycles. The van der Waals surface area contributed by atoms with Gasteiger partial charge in [-0.2, -0.15) is 5.26 Å². The molecule has 5 nitrogen and oxygen atoms in total. The minimum Gasteiger partial charge on any atom is -0.347 e. The quantitative estimate of drug-likeness (QED) is 0.595. The normalized spacial score (nSPS) is 11.2. The monoisotopic (exact) mass is 302 g/mol. The van der Waals surface area contributed by atoms with Crippen LogP contribution in [0.4, 0.5) is 0 Å². The molecule has 0 bridgehead atoms. The molecule has 1 amide bonds. The number of hydrogen-bond acceptors (Lipinski definition) is 3. The average Bonchev–Trinajstić information content (AvgIpc) is 3.01. The fourth-order valence-electron chi connectivity index (χ4n) is 2.23. The van der Waals surface area contributed by atoms with Crippen LogP contribution < -0.4 is 5.32 Å². The summed E-state index contributed by atoms with van der Waals surface area (Å²) >= 11 is 0. The van der Waals surface area contributed by atoms with Crippen LogP contribution in [0.5, 0.6) is 0 Å². The Hall–Kier alpha value is -3.39. The Morgan fingerprint density at radius 1 is 1.22 bits per heavy atom. The fourth-order valence-corrected chi connectivity index (χ4v) is 2.23. The van der Waals surface area contributed by atoms with E-state index in [0.29, 0.717) is 12.2 Å². The van der Waals surface area contributed by atoms with Crippen molar-refractivity contribution in [3.63, 3.8) is 0 Å². The molecule has 0 unspecified atom stereocenters. The number of rotatable bonds is 4. The third kappa shape index (κ3) is 3.27. The number of fused-ring (bicyclic) bond motifs is 1. The Balaban J connectivity index is 1.79. The van der Waals surface area contributed by atoms with Gasteiger partial charge in [0.2, 0.25) is 0 Å². The van der Waals surface area contributed by atoms with Crippen LogP contribution in [0.1, 0.15) is 11.3 Å². The summed E-state index contributed by atoms with van der Waals surface area (Å²) in [6.07, 6.45) is 5.02. The molecule has 5 heteroatoms. The Labute approximate surface area is 133 Å². The molecule has 23 heavy (non-hydrogen) atoms. The van der Waals surface area contributed by atoms with Gasteiger partial charge in [-0.3, -0.25) is 4.79 Å². The van der Waals surface area contributed by atoms with Crippen molar-refractivity contribution in [2.75, 3.05) is 0 Å². The van der Waals surface area contributed by atoms with E-state index < -0.39 is 5.91 Å². The second-order valence-electron chi connectivity index (χ2n) is 4.95. The molecule has 2 heterocycles. The maximum absolute atomic E-state index is 12.2. The first-order chi connectivity index (χ1) is 11.3. The molecule has 0 atom stereocenters. The lowest BCUT2D eigenvalue weighted by Gasteiger charge is -2.04. The van der Waals surface area contributed by atoms with Gasteiger partial charge in [-0.05, 0) is 23.8 Å². The second-order valence-corrected chi connectivity index (χ2v) is 4.95. The molecular weight excluding hydrogens is 288 g/mol. The molecule has 3 aromatic rings. The minimum absolute atomic E-state index is 0.0478. The van der Waals surface area contributed by atoms with Crippen molar-refractivity contribution >= 4 is 17.6 Å². The van der Waals surface area contributed by atoms with Crippen LogP contribution in [0.2, 0.25) is 0 Å². The van der Waals surface area contributed by atoms with Crippen LogP contribution in [-0.2, 0) is 11.3 Å². The van der Waals surface area contributed by atoms with Crippen molar-refractivity contribution in [3.05, 3.63) is 77.8 Å². The van der Waals surface area contributed by atoms with Crippen LogP contribution in [0.25, 0.3) is 11.7 Å². The maximum atomic E-state index is 12.2. The van der Waals surface area contributed by atoms with E-state index in [1.165, 1.54) is 0 Å². The lowest BCUT2D eigenvalue weighted by atomic mass is 10.2. The van der Waals surface area contributed by atoms with Gasteiger partial charge in [-0.25, -0.2) is 4.98 Å². The average molecular weight is 302 g/mol. The van der Waals surface area contributed by atoms with E-state index in [0.717, 1.165) is 11.2 Å². The van der Waals surface area contributed by atoms with Crippen LogP contribution >= 0.6 is 0 Å². The SMILES string of the molecule is N#C/C(=C/c1cnc2ccccn12)C(=O)NCc1ccccc1. The molecule has 1 N–H and O–H groups in total. The van der Waals surface area contributed by atoms with Gasteiger partial charge in [-0.1, -0.05) is 36.4 Å². The first-order valence-electron chi connectivity index (χ1n) is 7.14. The maximum Gasteiger partial charge on any atom is 0.262 e. The number of nitrogens with one attached hydrogen (secondary N) is 1. The summed E-state index contributed by atoms with van der Waals surface area (Å²) in [7, 11) is 0. The molecular formula is C18H14N4O. The number of pyridine rings is 1. The molecule has 3 rings (SSSR count). The Morgan fingerprint density at radius 3 is 2.78 bits per heavy atom. The molecule has 0 aliphatic carbocycles. The number of imidazole rings is 1. The molecule has 0 saturated heterocycles. The van der Waals surface area contributed by atoms with E-state index in [1.54, 1.807) is 12.3 Å². The molecule has 112 valence electrons. The Morgan fingerprint density at radius 2 is 2.00 bits per heavy atom. The number of amides is 1. The van der Waals surface area contributed by atoms with Gasteiger partial charge in [0.1, 0.15) is 17.3 Å². The van der Waals surface area contributed by atoms with E-state index in [2.05, 4.69) is 10.3 Å². The molecule has 2 aromatic heterocycles. The minimum atomic E-state index is -0.401. The first kappa shape index (κ1) is 14.5. The van der Waals surface area contributed by atoms with Crippen molar-refractivity contribution < 1.29 is 4.79 Å². The van der Waals surface area contributed by atoms with Gasteiger partial charge in [0, 0.05) is 12.7 Å². The summed E-state index contributed by atoms with van der Waals surface area (Å²) in [4.78, 5) is 16.4. The first-order valence-corrected chi connectivity index (χ1v) is 7.14.